The number of aryl methyl sites for hydroxylation is 1. The molecule has 110 valence electrons. The molecule has 0 saturated carbocycles. The van der Waals surface area contributed by atoms with Crippen molar-refractivity contribution < 1.29 is 0 Å². The lowest BCUT2D eigenvalue weighted by Crippen LogP contribution is -2.37. The van der Waals surface area contributed by atoms with Crippen LogP contribution in [0.25, 0.3) is 0 Å². The summed E-state index contributed by atoms with van der Waals surface area (Å²) in [6.45, 7) is 16.5. The van der Waals surface area contributed by atoms with Gasteiger partial charge in [-0.25, -0.2) is 0 Å². The molecule has 0 aliphatic heterocycles. The zero-order valence-electron chi connectivity index (χ0n) is 13.8. The van der Waals surface area contributed by atoms with Crippen molar-refractivity contribution in [2.24, 2.45) is 0 Å². The van der Waals surface area contributed by atoms with Crippen molar-refractivity contribution >= 4 is 0 Å². The van der Waals surface area contributed by atoms with Gasteiger partial charge >= 0.3 is 0 Å². The Kier molecular flexibility index (Phi) is 5.60. The van der Waals surface area contributed by atoms with E-state index in [0.29, 0.717) is 6.04 Å². The third-order valence-corrected chi connectivity index (χ3v) is 3.63. The molecule has 0 saturated heterocycles. The molecule has 0 radical (unpaired) electrons. The van der Waals surface area contributed by atoms with Gasteiger partial charge in [-0.05, 0) is 66.5 Å². The van der Waals surface area contributed by atoms with Crippen molar-refractivity contribution in [3.8, 4) is 0 Å². The normalized spacial score (nSPS) is 13.8. The van der Waals surface area contributed by atoms with Crippen molar-refractivity contribution in [3.05, 3.63) is 17.0 Å². The van der Waals surface area contributed by atoms with Crippen LogP contribution in [0.2, 0.25) is 0 Å². The highest BCUT2D eigenvalue weighted by Gasteiger charge is 2.16. The number of nitrogens with zero attached hydrogens (tertiary/aromatic N) is 2. The third-order valence-electron chi connectivity index (χ3n) is 3.63. The molecule has 3 nitrogen and oxygen atoms in total. The predicted octanol–water partition coefficient (Wildman–Crippen LogP) is 3.79. The van der Waals surface area contributed by atoms with Crippen LogP contribution in [0.5, 0.6) is 0 Å². The Hall–Kier alpha value is -0.830. The summed E-state index contributed by atoms with van der Waals surface area (Å²) in [4.78, 5) is 0. The number of hydrogen-bond acceptors (Lipinski definition) is 2. The molecule has 3 heteroatoms. The smallest absolute Gasteiger partial charge is 0.0629 e. The van der Waals surface area contributed by atoms with E-state index in [1.165, 1.54) is 29.8 Å². The highest BCUT2D eigenvalue weighted by Crippen LogP contribution is 2.20. The molecule has 0 aliphatic carbocycles. The quantitative estimate of drug-likeness (QED) is 0.848. The number of aromatic nitrogens is 2. The molecule has 0 spiro atoms. The molecule has 19 heavy (non-hydrogen) atoms. The molecule has 1 N–H and O–H groups in total. The topological polar surface area (TPSA) is 29.9 Å². The van der Waals surface area contributed by atoms with E-state index < -0.39 is 0 Å². The van der Waals surface area contributed by atoms with E-state index in [9.17, 15) is 0 Å². The van der Waals surface area contributed by atoms with E-state index in [1.54, 1.807) is 0 Å². The van der Waals surface area contributed by atoms with Crippen molar-refractivity contribution in [1.29, 1.82) is 0 Å². The van der Waals surface area contributed by atoms with Gasteiger partial charge in [-0.2, -0.15) is 5.10 Å². The second kappa shape index (κ2) is 6.56. The van der Waals surface area contributed by atoms with Gasteiger partial charge in [-0.3, -0.25) is 4.68 Å². The number of rotatable bonds is 6. The first kappa shape index (κ1) is 16.2. The Morgan fingerprint density at radius 1 is 1.26 bits per heavy atom. The van der Waals surface area contributed by atoms with E-state index in [1.807, 2.05) is 0 Å². The van der Waals surface area contributed by atoms with Gasteiger partial charge in [0.05, 0.1) is 5.69 Å². The predicted molar refractivity (Wildman–Crippen MR) is 82.8 cm³/mol. The molecule has 0 aromatic carbocycles. The summed E-state index contributed by atoms with van der Waals surface area (Å²) in [5.41, 5.74) is 4.14. The van der Waals surface area contributed by atoms with Gasteiger partial charge in [-0.1, -0.05) is 13.3 Å². The summed E-state index contributed by atoms with van der Waals surface area (Å²) in [7, 11) is 0. The van der Waals surface area contributed by atoms with Gasteiger partial charge in [0.15, 0.2) is 0 Å². The van der Waals surface area contributed by atoms with Gasteiger partial charge < -0.3 is 5.32 Å². The van der Waals surface area contributed by atoms with Crippen LogP contribution in [0.3, 0.4) is 0 Å². The summed E-state index contributed by atoms with van der Waals surface area (Å²) < 4.78 is 2.21. The molecule has 1 heterocycles. The van der Waals surface area contributed by atoms with Gasteiger partial charge in [0.2, 0.25) is 0 Å². The number of hydrogen-bond donors (Lipinski definition) is 1. The van der Waals surface area contributed by atoms with Crippen molar-refractivity contribution in [1.82, 2.24) is 15.1 Å². The van der Waals surface area contributed by atoms with E-state index in [2.05, 4.69) is 58.5 Å². The van der Waals surface area contributed by atoms with E-state index in [4.69, 9.17) is 5.10 Å². The second-order valence-electron chi connectivity index (χ2n) is 6.66. The van der Waals surface area contributed by atoms with Gasteiger partial charge in [0, 0.05) is 17.3 Å². The minimum Gasteiger partial charge on any atom is -0.312 e. The maximum atomic E-state index is 4.73. The maximum Gasteiger partial charge on any atom is 0.0629 e. The molecule has 1 aromatic rings. The van der Waals surface area contributed by atoms with E-state index >= 15 is 0 Å². The van der Waals surface area contributed by atoms with Gasteiger partial charge in [0.1, 0.15) is 0 Å². The van der Waals surface area contributed by atoms with Crippen LogP contribution in [0.4, 0.5) is 0 Å². The van der Waals surface area contributed by atoms with Crippen LogP contribution in [-0.2, 0) is 6.42 Å². The molecule has 0 fully saturated rings. The average molecular weight is 265 g/mol. The highest BCUT2D eigenvalue weighted by molar-refractivity contribution is 5.25. The van der Waals surface area contributed by atoms with Gasteiger partial charge in [0.25, 0.3) is 0 Å². The average Bonchev–Trinajstić information content (AvgIpc) is 2.55. The minimum atomic E-state index is 0.188. The maximum absolute atomic E-state index is 4.73. The zero-order valence-corrected chi connectivity index (χ0v) is 13.8. The monoisotopic (exact) mass is 265 g/mol. The third kappa shape index (κ3) is 4.64. The zero-order chi connectivity index (χ0) is 14.6. The Morgan fingerprint density at radius 2 is 1.89 bits per heavy atom. The first-order chi connectivity index (χ1) is 8.76. The minimum absolute atomic E-state index is 0.188. The second-order valence-corrected chi connectivity index (χ2v) is 6.66. The van der Waals surface area contributed by atoms with Crippen molar-refractivity contribution in [2.45, 2.75) is 79.3 Å². The summed E-state index contributed by atoms with van der Waals surface area (Å²) in [6, 6.07) is 0.507. The lowest BCUT2D eigenvalue weighted by molar-refractivity contribution is 0.428. The van der Waals surface area contributed by atoms with Crippen molar-refractivity contribution in [2.75, 3.05) is 6.54 Å². The van der Waals surface area contributed by atoms with Crippen LogP contribution < -0.4 is 5.32 Å². The van der Waals surface area contributed by atoms with Crippen LogP contribution in [-0.4, -0.2) is 21.9 Å². The summed E-state index contributed by atoms with van der Waals surface area (Å²) in [6.07, 6.45) is 3.47. The molecular weight excluding hydrogens is 234 g/mol. The largest absolute Gasteiger partial charge is 0.312 e. The highest BCUT2D eigenvalue weighted by atomic mass is 15.3. The fourth-order valence-electron chi connectivity index (χ4n) is 2.59. The van der Waals surface area contributed by atoms with Crippen LogP contribution >= 0.6 is 0 Å². The summed E-state index contributed by atoms with van der Waals surface area (Å²) >= 11 is 0. The van der Waals surface area contributed by atoms with Crippen molar-refractivity contribution in [3.63, 3.8) is 0 Å². The Balaban J connectivity index is 2.74. The molecule has 1 aromatic heterocycles. The SMILES string of the molecule is CCCC(C)n1nc(C)c(CCNC(C)(C)C)c1C. The lowest BCUT2D eigenvalue weighted by atomic mass is 10.1. The molecule has 0 aliphatic rings. The standard InChI is InChI=1S/C16H31N3/c1-8-9-12(2)19-14(4)15(13(3)18-19)10-11-17-16(5,6)7/h12,17H,8-11H2,1-7H3. The lowest BCUT2D eigenvalue weighted by Gasteiger charge is -2.20. The van der Waals surface area contributed by atoms with Crippen LogP contribution in [0, 0.1) is 13.8 Å². The molecule has 0 amide bonds. The first-order valence-electron chi connectivity index (χ1n) is 7.56. The first-order valence-corrected chi connectivity index (χ1v) is 7.56. The molecule has 1 rings (SSSR count). The van der Waals surface area contributed by atoms with E-state index in [0.717, 1.165) is 13.0 Å². The Bertz CT molecular complexity index is 399. The molecular formula is C16H31N3. The van der Waals surface area contributed by atoms with Gasteiger partial charge in [-0.15, -0.1) is 0 Å². The Morgan fingerprint density at radius 3 is 2.42 bits per heavy atom. The summed E-state index contributed by atoms with van der Waals surface area (Å²) in [5, 5.41) is 8.28. The fourth-order valence-corrected chi connectivity index (χ4v) is 2.59. The Labute approximate surface area is 118 Å². The molecule has 1 atom stereocenters. The number of nitrogens with one attached hydrogen (secondary N) is 1. The molecule has 0 bridgehead atoms. The van der Waals surface area contributed by atoms with Crippen LogP contribution in [0.15, 0.2) is 0 Å². The summed E-state index contributed by atoms with van der Waals surface area (Å²) in [5.74, 6) is 0. The fraction of sp³-hybridized carbons (Fsp3) is 0.812. The molecule has 1 unspecified atom stereocenters. The van der Waals surface area contributed by atoms with Crippen LogP contribution in [0.1, 0.15) is 70.5 Å². The van der Waals surface area contributed by atoms with E-state index in [-0.39, 0.29) is 5.54 Å².